The normalized spacial score (nSPS) is 9.81. The first-order valence-corrected chi connectivity index (χ1v) is 7.20. The van der Waals surface area contributed by atoms with Crippen LogP contribution in [-0.2, 0) is 6.54 Å². The van der Waals surface area contributed by atoms with E-state index in [1.54, 1.807) is 17.5 Å². The van der Waals surface area contributed by atoms with Crippen molar-refractivity contribution in [2.45, 2.75) is 6.54 Å². The molecule has 0 aliphatic rings. The second kappa shape index (κ2) is 7.09. The van der Waals surface area contributed by atoms with E-state index in [1.165, 1.54) is 6.07 Å². The third-order valence-corrected chi connectivity index (χ3v) is 3.57. The number of amides is 1. The highest BCUT2D eigenvalue weighted by Crippen LogP contribution is 2.17. The molecule has 0 saturated heterocycles. The van der Waals surface area contributed by atoms with Crippen molar-refractivity contribution in [3.05, 3.63) is 55.1 Å². The summed E-state index contributed by atoms with van der Waals surface area (Å²) in [6, 6.07) is 4.72. The number of aromatic amines is 1. The summed E-state index contributed by atoms with van der Waals surface area (Å²) in [5.74, 6) is 4.88. The van der Waals surface area contributed by atoms with Gasteiger partial charge in [0.1, 0.15) is 6.61 Å². The number of carbonyl (C=O) groups is 1. The largest absolute Gasteiger partial charge is 0.384 e. The zero-order valence-electron chi connectivity index (χ0n) is 10.8. The van der Waals surface area contributed by atoms with E-state index in [2.05, 4.69) is 22.1 Å². The molecule has 0 aliphatic carbocycles. The molecular formula is C14H11ClN2O3S. The molecule has 0 fully saturated rings. The topological polar surface area (TPSA) is 82.2 Å². The molecule has 0 spiro atoms. The molecule has 0 bridgehead atoms. The van der Waals surface area contributed by atoms with Crippen molar-refractivity contribution in [3.8, 4) is 11.8 Å². The van der Waals surface area contributed by atoms with E-state index in [-0.39, 0.29) is 23.9 Å². The smallest absolute Gasteiger partial charge is 0.304 e. The number of nitrogens with one attached hydrogen (secondary N) is 2. The molecule has 0 atom stereocenters. The third-order valence-electron chi connectivity index (χ3n) is 2.54. The van der Waals surface area contributed by atoms with Crippen molar-refractivity contribution in [2.24, 2.45) is 0 Å². The Labute approximate surface area is 129 Å². The maximum Gasteiger partial charge on any atom is 0.304 e. The lowest BCUT2D eigenvalue weighted by Crippen LogP contribution is -2.23. The first kappa shape index (κ1) is 15.3. The third kappa shape index (κ3) is 4.20. The van der Waals surface area contributed by atoms with Crippen LogP contribution in [0.15, 0.2) is 28.4 Å². The highest BCUT2D eigenvalue weighted by molar-refractivity contribution is 7.07. The number of aliphatic hydroxyl groups is 1. The van der Waals surface area contributed by atoms with Crippen LogP contribution in [0.25, 0.3) is 0 Å². The molecule has 1 amide bonds. The molecule has 0 saturated carbocycles. The average Bonchev–Trinajstić information content (AvgIpc) is 2.89. The lowest BCUT2D eigenvalue weighted by molar-refractivity contribution is 0.0950. The van der Waals surface area contributed by atoms with E-state index in [0.717, 1.165) is 11.3 Å². The fourth-order valence-corrected chi connectivity index (χ4v) is 2.38. The summed E-state index contributed by atoms with van der Waals surface area (Å²) in [6.45, 7) is -0.0152. The minimum Gasteiger partial charge on any atom is -0.384 e. The predicted octanol–water partition coefficient (Wildman–Crippen LogP) is 1.36. The van der Waals surface area contributed by atoms with Gasteiger partial charge >= 0.3 is 4.87 Å². The summed E-state index contributed by atoms with van der Waals surface area (Å²) in [6.07, 6.45) is 0. The van der Waals surface area contributed by atoms with E-state index >= 15 is 0 Å². The minimum atomic E-state index is -0.300. The van der Waals surface area contributed by atoms with Crippen molar-refractivity contribution in [1.29, 1.82) is 0 Å². The fraction of sp³-hybridized carbons (Fsp3) is 0.143. The van der Waals surface area contributed by atoms with E-state index in [9.17, 15) is 9.59 Å². The number of hydrogen-bond donors (Lipinski definition) is 3. The second-order valence-corrected chi connectivity index (χ2v) is 5.26. The maximum atomic E-state index is 12.0. The van der Waals surface area contributed by atoms with Crippen LogP contribution in [-0.4, -0.2) is 22.6 Å². The summed E-state index contributed by atoms with van der Waals surface area (Å²) >= 11 is 7.06. The molecule has 0 radical (unpaired) electrons. The first-order valence-electron chi connectivity index (χ1n) is 5.94. The number of carbonyl (C=O) groups excluding carboxylic acids is 1. The summed E-state index contributed by atoms with van der Waals surface area (Å²) in [7, 11) is 0. The van der Waals surface area contributed by atoms with Gasteiger partial charge in [-0.15, -0.1) is 0 Å². The molecule has 0 unspecified atom stereocenters. The van der Waals surface area contributed by atoms with Gasteiger partial charge in [-0.3, -0.25) is 9.59 Å². The number of rotatable bonds is 3. The molecule has 0 aliphatic heterocycles. The number of aliphatic hydroxyl groups excluding tert-OH is 1. The lowest BCUT2D eigenvalue weighted by atomic mass is 10.1. The summed E-state index contributed by atoms with van der Waals surface area (Å²) < 4.78 is 0. The van der Waals surface area contributed by atoms with Gasteiger partial charge in [-0.2, -0.15) is 0 Å². The van der Waals surface area contributed by atoms with Gasteiger partial charge < -0.3 is 15.4 Å². The first-order chi connectivity index (χ1) is 10.1. The maximum absolute atomic E-state index is 12.0. The number of thiazole rings is 1. The number of hydrogen-bond acceptors (Lipinski definition) is 4. The van der Waals surface area contributed by atoms with Crippen molar-refractivity contribution in [2.75, 3.05) is 6.61 Å². The molecule has 7 heteroatoms. The molecule has 2 aromatic rings. The molecule has 1 aromatic heterocycles. The van der Waals surface area contributed by atoms with Crippen LogP contribution in [0, 0.1) is 11.8 Å². The predicted molar refractivity (Wildman–Crippen MR) is 81.5 cm³/mol. The fourth-order valence-electron chi connectivity index (χ4n) is 1.57. The minimum absolute atomic E-state index is 0.158. The molecule has 1 heterocycles. The van der Waals surface area contributed by atoms with Crippen molar-refractivity contribution >= 4 is 28.8 Å². The SMILES string of the molecule is O=C(NCc1csc(=O)[nH]1)c1ccc(C#CCO)c(Cl)c1. The van der Waals surface area contributed by atoms with Gasteiger partial charge in [-0.05, 0) is 18.2 Å². The molecule has 1 aromatic carbocycles. The molecular weight excluding hydrogens is 312 g/mol. The van der Waals surface area contributed by atoms with Gasteiger partial charge in [0.05, 0.1) is 11.6 Å². The van der Waals surface area contributed by atoms with Gasteiger partial charge in [-0.25, -0.2) is 0 Å². The van der Waals surface area contributed by atoms with Crippen LogP contribution in [0.5, 0.6) is 0 Å². The Hall–Kier alpha value is -2.07. The van der Waals surface area contributed by atoms with Crippen LogP contribution in [0.1, 0.15) is 21.6 Å². The summed E-state index contributed by atoms with van der Waals surface area (Å²) in [5, 5.41) is 13.3. The van der Waals surface area contributed by atoms with Gasteiger partial charge in [0.2, 0.25) is 0 Å². The van der Waals surface area contributed by atoms with Crippen molar-refractivity contribution < 1.29 is 9.90 Å². The van der Waals surface area contributed by atoms with Crippen LogP contribution >= 0.6 is 22.9 Å². The summed E-state index contributed by atoms with van der Waals surface area (Å²) in [5.41, 5.74) is 1.59. The van der Waals surface area contributed by atoms with Gasteiger partial charge in [-0.1, -0.05) is 34.8 Å². The van der Waals surface area contributed by atoms with E-state index < -0.39 is 0 Å². The highest BCUT2D eigenvalue weighted by Gasteiger charge is 2.08. The van der Waals surface area contributed by atoms with Crippen molar-refractivity contribution in [3.63, 3.8) is 0 Å². The van der Waals surface area contributed by atoms with E-state index in [4.69, 9.17) is 16.7 Å². The number of aromatic nitrogens is 1. The number of halogens is 1. The molecule has 5 nitrogen and oxygen atoms in total. The molecule has 2 rings (SSSR count). The van der Waals surface area contributed by atoms with Crippen LogP contribution < -0.4 is 10.2 Å². The Bertz CT molecular complexity index is 770. The van der Waals surface area contributed by atoms with Gasteiger partial charge in [0.25, 0.3) is 5.91 Å². The van der Waals surface area contributed by atoms with Gasteiger partial charge in [0, 0.05) is 22.2 Å². The Balaban J connectivity index is 2.05. The number of H-pyrrole nitrogens is 1. The lowest BCUT2D eigenvalue weighted by Gasteiger charge is -2.05. The monoisotopic (exact) mass is 322 g/mol. The van der Waals surface area contributed by atoms with Crippen LogP contribution in [0.4, 0.5) is 0 Å². The summed E-state index contributed by atoms with van der Waals surface area (Å²) in [4.78, 5) is 25.4. The molecule has 3 N–H and O–H groups in total. The average molecular weight is 323 g/mol. The zero-order valence-corrected chi connectivity index (χ0v) is 12.3. The Morgan fingerprint density at radius 2 is 2.29 bits per heavy atom. The Kier molecular flexibility index (Phi) is 5.17. The molecule has 108 valence electrons. The standard InChI is InChI=1S/C14H11ClN2O3S/c15-12-6-10(4-3-9(12)2-1-5-18)13(19)16-7-11-8-21-14(20)17-11/h3-4,6,8,18H,5,7H2,(H,16,19)(H,17,20). The Morgan fingerprint density at radius 3 is 2.90 bits per heavy atom. The van der Waals surface area contributed by atoms with E-state index in [0.29, 0.717) is 21.8 Å². The molecule has 21 heavy (non-hydrogen) atoms. The van der Waals surface area contributed by atoms with Crippen LogP contribution in [0.2, 0.25) is 5.02 Å². The number of benzene rings is 1. The highest BCUT2D eigenvalue weighted by atomic mass is 35.5. The quantitative estimate of drug-likeness (QED) is 0.746. The second-order valence-electron chi connectivity index (χ2n) is 4.01. The van der Waals surface area contributed by atoms with Gasteiger partial charge in [0.15, 0.2) is 0 Å². The zero-order chi connectivity index (χ0) is 15.2. The Morgan fingerprint density at radius 1 is 1.48 bits per heavy atom. The van der Waals surface area contributed by atoms with Crippen LogP contribution in [0.3, 0.4) is 0 Å². The van der Waals surface area contributed by atoms with Crippen molar-refractivity contribution in [1.82, 2.24) is 10.3 Å². The van der Waals surface area contributed by atoms with E-state index in [1.807, 2.05) is 0 Å².